The van der Waals surface area contributed by atoms with Gasteiger partial charge < -0.3 is 17.2 Å². The third-order valence-corrected chi connectivity index (χ3v) is 3.61. The number of aryl methyl sites for hydroxylation is 1. The van der Waals surface area contributed by atoms with Crippen LogP contribution in [-0.4, -0.2) is 0 Å². The Balaban J connectivity index is 1.79. The minimum Gasteiger partial charge on any atom is -0.399 e. The lowest BCUT2D eigenvalue weighted by atomic mass is 10.2. The van der Waals surface area contributed by atoms with Gasteiger partial charge in [-0.15, -0.1) is 10.2 Å². The summed E-state index contributed by atoms with van der Waals surface area (Å²) in [6.07, 6.45) is 0. The lowest BCUT2D eigenvalue weighted by Crippen LogP contribution is -1.89. The van der Waals surface area contributed by atoms with E-state index >= 15 is 0 Å². The molecule has 3 aromatic carbocycles. The van der Waals surface area contributed by atoms with E-state index in [2.05, 4.69) is 20.5 Å². The zero-order valence-corrected chi connectivity index (χ0v) is 14.3. The number of anilines is 3. The minimum atomic E-state index is 0.472. The summed E-state index contributed by atoms with van der Waals surface area (Å²) in [4.78, 5) is 0. The van der Waals surface area contributed by atoms with Crippen LogP contribution in [0.2, 0.25) is 0 Å². The number of benzene rings is 3. The van der Waals surface area contributed by atoms with Gasteiger partial charge in [0.25, 0.3) is 0 Å². The van der Waals surface area contributed by atoms with Crippen LogP contribution in [0.25, 0.3) is 0 Å². The summed E-state index contributed by atoms with van der Waals surface area (Å²) in [6, 6.07) is 18.0. The van der Waals surface area contributed by atoms with Crippen molar-refractivity contribution >= 4 is 39.8 Å². The molecule has 0 aliphatic rings. The number of azo groups is 2. The van der Waals surface area contributed by atoms with E-state index in [4.69, 9.17) is 17.2 Å². The number of nitrogens with two attached hydrogens (primary N) is 3. The van der Waals surface area contributed by atoms with Crippen molar-refractivity contribution in [2.45, 2.75) is 6.92 Å². The van der Waals surface area contributed by atoms with Gasteiger partial charge in [-0.25, -0.2) is 0 Å². The van der Waals surface area contributed by atoms with Gasteiger partial charge in [-0.1, -0.05) is 12.1 Å². The maximum absolute atomic E-state index is 5.94. The van der Waals surface area contributed by atoms with Crippen LogP contribution in [0.3, 0.4) is 0 Å². The van der Waals surface area contributed by atoms with Crippen LogP contribution in [0.5, 0.6) is 0 Å². The lowest BCUT2D eigenvalue weighted by molar-refractivity contribution is 1.20. The van der Waals surface area contributed by atoms with Crippen molar-refractivity contribution in [2.24, 2.45) is 20.5 Å². The van der Waals surface area contributed by atoms with Crippen molar-refractivity contribution in [2.75, 3.05) is 17.2 Å². The fourth-order valence-corrected chi connectivity index (χ4v) is 2.27. The predicted molar refractivity (Wildman–Crippen MR) is 106 cm³/mol. The minimum absolute atomic E-state index is 0.472. The van der Waals surface area contributed by atoms with Crippen LogP contribution in [0.1, 0.15) is 5.56 Å². The number of rotatable bonds is 4. The van der Waals surface area contributed by atoms with E-state index < -0.39 is 0 Å². The zero-order chi connectivity index (χ0) is 18.5. The Kier molecular flexibility index (Phi) is 4.89. The van der Waals surface area contributed by atoms with Crippen LogP contribution in [0.4, 0.5) is 39.8 Å². The number of hydrogen-bond acceptors (Lipinski definition) is 7. The Morgan fingerprint density at radius 3 is 1.77 bits per heavy atom. The smallest absolute Gasteiger partial charge is 0.109 e. The fraction of sp³-hybridized carbons (Fsp3) is 0.0526. The molecule has 0 aliphatic heterocycles. The molecule has 0 fully saturated rings. The van der Waals surface area contributed by atoms with E-state index in [0.29, 0.717) is 39.8 Å². The van der Waals surface area contributed by atoms with Crippen molar-refractivity contribution in [3.63, 3.8) is 0 Å². The zero-order valence-electron chi connectivity index (χ0n) is 14.3. The average Bonchev–Trinajstić information content (AvgIpc) is 2.61. The topological polar surface area (TPSA) is 127 Å². The molecule has 26 heavy (non-hydrogen) atoms. The Bertz CT molecular complexity index is 916. The number of nitrogens with zero attached hydrogens (tertiary/aromatic N) is 4. The predicted octanol–water partition coefficient (Wildman–Crippen LogP) is 5.57. The number of hydrogen-bond donors (Lipinski definition) is 3. The summed E-state index contributed by atoms with van der Waals surface area (Å²) < 4.78 is 0. The summed E-state index contributed by atoms with van der Waals surface area (Å²) in [7, 11) is 0. The van der Waals surface area contributed by atoms with Crippen LogP contribution in [0, 0.1) is 6.92 Å². The molecule has 0 saturated carbocycles. The average molecular weight is 345 g/mol. The Labute approximate surface area is 151 Å². The van der Waals surface area contributed by atoms with E-state index in [9.17, 15) is 0 Å². The summed E-state index contributed by atoms with van der Waals surface area (Å²) in [5.41, 5.74) is 22.7. The molecule has 0 unspecified atom stereocenters. The van der Waals surface area contributed by atoms with E-state index in [0.717, 1.165) is 5.56 Å². The first-order valence-electron chi connectivity index (χ1n) is 7.96. The molecule has 3 aromatic rings. The summed E-state index contributed by atoms with van der Waals surface area (Å²) in [5.74, 6) is 0. The second-order valence-corrected chi connectivity index (χ2v) is 5.80. The van der Waals surface area contributed by atoms with Gasteiger partial charge in [-0.2, -0.15) is 10.2 Å². The van der Waals surface area contributed by atoms with Gasteiger partial charge in [0.05, 0.1) is 22.7 Å². The molecule has 6 N–H and O–H groups in total. The highest BCUT2D eigenvalue weighted by Crippen LogP contribution is 2.29. The highest BCUT2D eigenvalue weighted by Gasteiger charge is 2.00. The second-order valence-electron chi connectivity index (χ2n) is 5.80. The van der Waals surface area contributed by atoms with Crippen molar-refractivity contribution in [1.29, 1.82) is 0 Å². The highest BCUT2D eigenvalue weighted by molar-refractivity contribution is 5.67. The van der Waals surface area contributed by atoms with Crippen LogP contribution in [-0.2, 0) is 0 Å². The summed E-state index contributed by atoms with van der Waals surface area (Å²) in [6.45, 7) is 1.97. The molecule has 0 aliphatic carbocycles. The first-order chi connectivity index (χ1) is 12.5. The van der Waals surface area contributed by atoms with E-state index in [-0.39, 0.29) is 0 Å². The number of nitrogen functional groups attached to an aromatic ring is 3. The van der Waals surface area contributed by atoms with Gasteiger partial charge in [0.15, 0.2) is 0 Å². The van der Waals surface area contributed by atoms with Gasteiger partial charge in [0.2, 0.25) is 0 Å². The Morgan fingerprint density at radius 1 is 0.615 bits per heavy atom. The van der Waals surface area contributed by atoms with E-state index in [1.807, 2.05) is 43.3 Å². The summed E-state index contributed by atoms with van der Waals surface area (Å²) in [5, 5.41) is 16.8. The molecular weight excluding hydrogens is 326 g/mol. The molecule has 7 nitrogen and oxygen atoms in total. The largest absolute Gasteiger partial charge is 0.399 e. The molecule has 0 amide bonds. The first kappa shape index (κ1) is 17.1. The van der Waals surface area contributed by atoms with Gasteiger partial charge in [-0.3, -0.25) is 0 Å². The molecule has 0 spiro atoms. The molecule has 0 aromatic heterocycles. The first-order valence-corrected chi connectivity index (χ1v) is 7.96. The molecule has 0 radical (unpaired) electrons. The third kappa shape index (κ3) is 4.21. The lowest BCUT2D eigenvalue weighted by Gasteiger charge is -2.01. The van der Waals surface area contributed by atoms with Crippen molar-refractivity contribution < 1.29 is 0 Å². The quantitative estimate of drug-likeness (QED) is 0.422. The normalized spacial score (nSPS) is 11.4. The highest BCUT2D eigenvalue weighted by atomic mass is 15.1. The van der Waals surface area contributed by atoms with Gasteiger partial charge in [0.1, 0.15) is 11.4 Å². The molecule has 130 valence electrons. The standard InChI is InChI=1S/C19H19N7/c1-12-5-7-18(16(21)9-12)25-23-14-3-2-4-15(11-14)24-26-19-8-6-13(20)10-17(19)22/h2-11H,20-22H2,1H3. The SMILES string of the molecule is Cc1ccc(N=Nc2cccc(N=Nc3ccc(N)cc3N)c2)c(N)c1. The van der Waals surface area contributed by atoms with Crippen molar-refractivity contribution in [3.8, 4) is 0 Å². The Hall–Kier alpha value is -3.74. The van der Waals surface area contributed by atoms with Crippen LogP contribution < -0.4 is 17.2 Å². The molecule has 0 heterocycles. The molecule has 3 rings (SSSR count). The molecule has 7 heteroatoms. The molecule has 0 atom stereocenters. The third-order valence-electron chi connectivity index (χ3n) is 3.61. The van der Waals surface area contributed by atoms with E-state index in [1.165, 1.54) is 0 Å². The van der Waals surface area contributed by atoms with Crippen molar-refractivity contribution in [3.05, 3.63) is 66.2 Å². The monoisotopic (exact) mass is 345 g/mol. The van der Waals surface area contributed by atoms with Gasteiger partial charge in [0, 0.05) is 5.69 Å². The maximum atomic E-state index is 5.94. The van der Waals surface area contributed by atoms with Crippen LogP contribution in [0.15, 0.2) is 81.1 Å². The van der Waals surface area contributed by atoms with Crippen LogP contribution >= 0.6 is 0 Å². The molecule has 0 saturated heterocycles. The van der Waals surface area contributed by atoms with E-state index in [1.54, 1.807) is 24.3 Å². The summed E-state index contributed by atoms with van der Waals surface area (Å²) >= 11 is 0. The molecular formula is C19H19N7. The van der Waals surface area contributed by atoms with Crippen molar-refractivity contribution in [1.82, 2.24) is 0 Å². The Morgan fingerprint density at radius 2 is 1.19 bits per heavy atom. The fourth-order valence-electron chi connectivity index (χ4n) is 2.27. The second kappa shape index (κ2) is 7.43. The van der Waals surface area contributed by atoms with Gasteiger partial charge >= 0.3 is 0 Å². The molecule has 0 bridgehead atoms. The maximum Gasteiger partial charge on any atom is 0.109 e. The van der Waals surface area contributed by atoms with Gasteiger partial charge in [-0.05, 0) is 61.0 Å².